The van der Waals surface area contributed by atoms with Gasteiger partial charge in [0.2, 0.25) is 4.96 Å². The van der Waals surface area contributed by atoms with Crippen LogP contribution in [0.2, 0.25) is 0 Å². The Bertz CT molecular complexity index is 886. The van der Waals surface area contributed by atoms with Crippen molar-refractivity contribution in [2.24, 2.45) is 0 Å². The number of benzene rings is 1. The molecule has 0 aliphatic heterocycles. The molecule has 22 heavy (non-hydrogen) atoms. The first-order valence-electron chi connectivity index (χ1n) is 6.48. The lowest BCUT2D eigenvalue weighted by atomic mass is 10.2. The Balaban J connectivity index is 1.62. The van der Waals surface area contributed by atoms with E-state index in [1.54, 1.807) is 29.0 Å². The van der Waals surface area contributed by atoms with Crippen LogP contribution in [0.3, 0.4) is 0 Å². The van der Waals surface area contributed by atoms with Crippen molar-refractivity contribution in [3.8, 4) is 22.2 Å². The molecule has 0 radical (unpaired) electrons. The van der Waals surface area contributed by atoms with Crippen molar-refractivity contribution < 1.29 is 9.13 Å². The molecule has 1 aromatic carbocycles. The zero-order chi connectivity index (χ0) is 14.9. The number of rotatable bonds is 3. The minimum Gasteiger partial charge on any atom is -0.430 e. The third-order valence-corrected chi connectivity index (χ3v) is 3.80. The maximum Gasteiger partial charge on any atom is 0.299 e. The summed E-state index contributed by atoms with van der Waals surface area (Å²) in [6.45, 7) is 0. The molecule has 0 aliphatic rings. The van der Waals surface area contributed by atoms with E-state index in [1.807, 2.05) is 18.3 Å². The molecule has 0 bridgehead atoms. The average molecular weight is 312 g/mol. The number of halogens is 1. The molecule has 0 N–H and O–H groups in total. The molecular formula is C15H9FN4OS. The van der Waals surface area contributed by atoms with Gasteiger partial charge in [-0.05, 0) is 47.7 Å². The van der Waals surface area contributed by atoms with Gasteiger partial charge in [0.1, 0.15) is 11.6 Å². The quantitative estimate of drug-likeness (QED) is 0.577. The molecule has 108 valence electrons. The van der Waals surface area contributed by atoms with Crippen LogP contribution in [0.4, 0.5) is 4.39 Å². The molecule has 0 atom stereocenters. The zero-order valence-electron chi connectivity index (χ0n) is 11.2. The fourth-order valence-corrected chi connectivity index (χ4v) is 2.73. The second kappa shape index (κ2) is 5.19. The van der Waals surface area contributed by atoms with Crippen LogP contribution in [0.25, 0.3) is 16.2 Å². The van der Waals surface area contributed by atoms with E-state index in [9.17, 15) is 4.39 Å². The SMILES string of the molecule is Fc1ccc(Oc2nn3cc(-c4cccnc4)nc3s2)cc1. The maximum atomic E-state index is 12.9. The third-order valence-electron chi connectivity index (χ3n) is 3.00. The molecule has 5 nitrogen and oxygen atoms in total. The van der Waals surface area contributed by atoms with E-state index < -0.39 is 0 Å². The van der Waals surface area contributed by atoms with Gasteiger partial charge in [-0.1, -0.05) is 0 Å². The van der Waals surface area contributed by atoms with E-state index in [0.29, 0.717) is 10.9 Å². The highest BCUT2D eigenvalue weighted by molar-refractivity contribution is 7.18. The van der Waals surface area contributed by atoms with Crippen molar-refractivity contribution in [1.29, 1.82) is 0 Å². The number of imidazole rings is 1. The van der Waals surface area contributed by atoms with Gasteiger partial charge in [0, 0.05) is 18.0 Å². The minimum atomic E-state index is -0.303. The molecule has 0 fully saturated rings. The number of fused-ring (bicyclic) bond motifs is 1. The van der Waals surface area contributed by atoms with E-state index in [2.05, 4.69) is 15.1 Å². The molecule has 0 amide bonds. The Labute approximate surface area is 128 Å². The molecule has 4 aromatic rings. The maximum absolute atomic E-state index is 12.9. The van der Waals surface area contributed by atoms with Crippen molar-refractivity contribution >= 4 is 16.3 Å². The van der Waals surface area contributed by atoms with Gasteiger partial charge in [0.25, 0.3) is 5.19 Å². The fourth-order valence-electron chi connectivity index (χ4n) is 1.98. The number of hydrogen-bond acceptors (Lipinski definition) is 5. The molecule has 0 saturated heterocycles. The molecule has 0 aliphatic carbocycles. The summed E-state index contributed by atoms with van der Waals surface area (Å²) in [6.07, 6.45) is 5.29. The minimum absolute atomic E-state index is 0.303. The lowest BCUT2D eigenvalue weighted by Gasteiger charge is -1.99. The summed E-state index contributed by atoms with van der Waals surface area (Å²) >= 11 is 1.32. The van der Waals surface area contributed by atoms with E-state index in [0.717, 1.165) is 16.2 Å². The van der Waals surface area contributed by atoms with Gasteiger partial charge in [0.05, 0.1) is 11.9 Å². The Morgan fingerprint density at radius 3 is 2.73 bits per heavy atom. The van der Waals surface area contributed by atoms with E-state index in [1.165, 1.54) is 23.5 Å². The number of ether oxygens (including phenoxy) is 1. The van der Waals surface area contributed by atoms with Crippen LogP contribution < -0.4 is 4.74 Å². The topological polar surface area (TPSA) is 52.3 Å². The van der Waals surface area contributed by atoms with Crippen molar-refractivity contribution in [1.82, 2.24) is 19.6 Å². The van der Waals surface area contributed by atoms with Crippen LogP contribution in [-0.4, -0.2) is 19.6 Å². The highest BCUT2D eigenvalue weighted by Gasteiger charge is 2.11. The second-order valence-corrected chi connectivity index (χ2v) is 5.44. The Kier molecular flexibility index (Phi) is 3.05. The lowest BCUT2D eigenvalue weighted by molar-refractivity contribution is 0.468. The van der Waals surface area contributed by atoms with Gasteiger partial charge in [-0.15, -0.1) is 5.10 Å². The first-order chi connectivity index (χ1) is 10.8. The average Bonchev–Trinajstić information content (AvgIpc) is 3.09. The Hall–Kier alpha value is -2.80. The van der Waals surface area contributed by atoms with Crippen molar-refractivity contribution in [2.45, 2.75) is 0 Å². The summed E-state index contributed by atoms with van der Waals surface area (Å²) in [6, 6.07) is 9.60. The highest BCUT2D eigenvalue weighted by atomic mass is 32.1. The predicted molar refractivity (Wildman–Crippen MR) is 80.6 cm³/mol. The molecule has 3 heterocycles. The van der Waals surface area contributed by atoms with Crippen LogP contribution in [0.15, 0.2) is 55.0 Å². The zero-order valence-corrected chi connectivity index (χ0v) is 12.0. The smallest absolute Gasteiger partial charge is 0.299 e. The van der Waals surface area contributed by atoms with Crippen LogP contribution >= 0.6 is 11.3 Å². The first-order valence-corrected chi connectivity index (χ1v) is 7.30. The lowest BCUT2D eigenvalue weighted by Crippen LogP contribution is -1.86. The molecule has 4 rings (SSSR count). The third kappa shape index (κ3) is 2.42. The van der Waals surface area contributed by atoms with Crippen molar-refractivity contribution in [3.63, 3.8) is 0 Å². The van der Waals surface area contributed by atoms with Gasteiger partial charge in [-0.2, -0.15) is 0 Å². The summed E-state index contributed by atoms with van der Waals surface area (Å²) < 4.78 is 20.1. The van der Waals surface area contributed by atoms with E-state index in [4.69, 9.17) is 4.74 Å². The summed E-state index contributed by atoms with van der Waals surface area (Å²) in [4.78, 5) is 9.29. The van der Waals surface area contributed by atoms with Gasteiger partial charge < -0.3 is 4.74 Å². The molecule has 0 spiro atoms. The van der Waals surface area contributed by atoms with Crippen LogP contribution in [-0.2, 0) is 0 Å². The number of nitrogens with zero attached hydrogens (tertiary/aromatic N) is 4. The largest absolute Gasteiger partial charge is 0.430 e. The van der Waals surface area contributed by atoms with Gasteiger partial charge in [0.15, 0.2) is 0 Å². The molecule has 0 saturated carbocycles. The van der Waals surface area contributed by atoms with E-state index >= 15 is 0 Å². The Morgan fingerprint density at radius 2 is 2.00 bits per heavy atom. The number of aromatic nitrogens is 4. The normalized spacial score (nSPS) is 11.0. The van der Waals surface area contributed by atoms with Crippen LogP contribution in [0.5, 0.6) is 10.9 Å². The monoisotopic (exact) mass is 312 g/mol. The van der Waals surface area contributed by atoms with Crippen molar-refractivity contribution in [3.05, 3.63) is 60.8 Å². The first kappa shape index (κ1) is 12.9. The van der Waals surface area contributed by atoms with Gasteiger partial charge in [-0.25, -0.2) is 13.9 Å². The predicted octanol–water partition coefficient (Wildman–Crippen LogP) is 3.78. The van der Waals surface area contributed by atoms with E-state index in [-0.39, 0.29) is 5.82 Å². The van der Waals surface area contributed by atoms with Crippen LogP contribution in [0, 0.1) is 5.82 Å². The molecule has 0 unspecified atom stereocenters. The molecule has 7 heteroatoms. The highest BCUT2D eigenvalue weighted by Crippen LogP contribution is 2.28. The Morgan fingerprint density at radius 1 is 1.14 bits per heavy atom. The summed E-state index contributed by atoms with van der Waals surface area (Å²) in [7, 11) is 0. The summed E-state index contributed by atoms with van der Waals surface area (Å²) in [5.74, 6) is 0.230. The molecular weight excluding hydrogens is 303 g/mol. The summed E-state index contributed by atoms with van der Waals surface area (Å²) in [5.41, 5.74) is 1.74. The van der Waals surface area contributed by atoms with Gasteiger partial charge in [-0.3, -0.25) is 4.98 Å². The van der Waals surface area contributed by atoms with Crippen molar-refractivity contribution in [2.75, 3.05) is 0 Å². The standard InChI is InChI=1S/C15H9FN4OS/c16-11-3-5-12(6-4-11)21-15-19-20-9-13(18-14(20)22-15)10-2-1-7-17-8-10/h1-9H. The number of hydrogen-bond donors (Lipinski definition) is 0. The number of pyridine rings is 1. The molecule has 3 aromatic heterocycles. The fraction of sp³-hybridized carbons (Fsp3) is 0. The van der Waals surface area contributed by atoms with Crippen LogP contribution in [0.1, 0.15) is 0 Å². The summed E-state index contributed by atoms with van der Waals surface area (Å²) in [5, 5.41) is 4.76. The second-order valence-electron chi connectivity index (χ2n) is 4.52. The van der Waals surface area contributed by atoms with Gasteiger partial charge >= 0.3 is 0 Å².